The minimum atomic E-state index is -3.70. The molecule has 2 aromatic rings. The highest BCUT2D eigenvalue weighted by Gasteiger charge is 2.33. The van der Waals surface area contributed by atoms with Crippen molar-refractivity contribution in [3.63, 3.8) is 0 Å². The largest absolute Gasteiger partial charge is 0.497 e. The van der Waals surface area contributed by atoms with Crippen LogP contribution in [0.3, 0.4) is 0 Å². The smallest absolute Gasteiger partial charge is 0.248 e. The van der Waals surface area contributed by atoms with E-state index in [1.807, 2.05) is 30.3 Å². The number of likely N-dealkylation sites (tertiary alicyclic amines) is 1. The normalized spacial score (nSPS) is 16.0. The van der Waals surface area contributed by atoms with Gasteiger partial charge in [-0.2, -0.15) is 4.31 Å². The van der Waals surface area contributed by atoms with Gasteiger partial charge < -0.3 is 20.1 Å². The monoisotopic (exact) mass is 489 g/mol. The fourth-order valence-corrected chi connectivity index (χ4v) is 5.93. The van der Waals surface area contributed by atoms with E-state index in [-0.39, 0.29) is 30.6 Å². The lowest BCUT2D eigenvalue weighted by atomic mass is 9.82. The molecule has 3 rings (SSSR count). The predicted octanol–water partition coefficient (Wildman–Crippen LogP) is 2.43. The SMILES string of the molecule is COc1cc(C)c(S(=O)(=O)N(C)CCOCC(=O)N2CCC(N)(c3ccccc3)CC2)c(C)c1. The van der Waals surface area contributed by atoms with Crippen LogP contribution in [0.25, 0.3) is 0 Å². The van der Waals surface area contributed by atoms with Crippen LogP contribution < -0.4 is 10.5 Å². The van der Waals surface area contributed by atoms with Gasteiger partial charge in [0.2, 0.25) is 15.9 Å². The summed E-state index contributed by atoms with van der Waals surface area (Å²) in [6.45, 7) is 4.80. The van der Waals surface area contributed by atoms with E-state index in [0.29, 0.717) is 42.8 Å². The number of benzene rings is 2. The van der Waals surface area contributed by atoms with Crippen LogP contribution in [0.15, 0.2) is 47.4 Å². The molecule has 0 aromatic heterocycles. The third-order valence-electron chi connectivity index (χ3n) is 6.47. The highest BCUT2D eigenvalue weighted by Crippen LogP contribution is 2.30. The van der Waals surface area contributed by atoms with Gasteiger partial charge in [-0.3, -0.25) is 4.79 Å². The fourth-order valence-electron chi connectivity index (χ4n) is 4.37. The van der Waals surface area contributed by atoms with Gasteiger partial charge in [0.25, 0.3) is 0 Å². The molecule has 8 nitrogen and oxygen atoms in total. The summed E-state index contributed by atoms with van der Waals surface area (Å²) in [5.41, 5.74) is 8.49. The van der Waals surface area contributed by atoms with Gasteiger partial charge in [-0.15, -0.1) is 0 Å². The maximum absolute atomic E-state index is 13.1. The van der Waals surface area contributed by atoms with Crippen LogP contribution in [-0.4, -0.2) is 70.5 Å². The zero-order valence-corrected chi connectivity index (χ0v) is 21.2. The topological polar surface area (TPSA) is 102 Å². The number of amides is 1. The van der Waals surface area contributed by atoms with Crippen LogP contribution in [0.5, 0.6) is 5.75 Å². The van der Waals surface area contributed by atoms with Crippen molar-refractivity contribution < 1.29 is 22.7 Å². The second kappa shape index (κ2) is 10.9. The van der Waals surface area contributed by atoms with Crippen LogP contribution in [-0.2, 0) is 25.1 Å². The van der Waals surface area contributed by atoms with Crippen molar-refractivity contribution in [3.8, 4) is 5.75 Å². The van der Waals surface area contributed by atoms with Gasteiger partial charge in [0.05, 0.1) is 18.6 Å². The molecule has 1 aliphatic rings. The summed E-state index contributed by atoms with van der Waals surface area (Å²) in [6.07, 6.45) is 1.37. The highest BCUT2D eigenvalue weighted by atomic mass is 32.2. The van der Waals surface area contributed by atoms with Crippen LogP contribution in [0.4, 0.5) is 0 Å². The van der Waals surface area contributed by atoms with E-state index in [9.17, 15) is 13.2 Å². The molecule has 0 radical (unpaired) electrons. The van der Waals surface area contributed by atoms with Gasteiger partial charge in [-0.05, 0) is 55.5 Å². The summed E-state index contributed by atoms with van der Waals surface area (Å²) in [6, 6.07) is 13.4. The van der Waals surface area contributed by atoms with Crippen LogP contribution in [0.2, 0.25) is 0 Å². The van der Waals surface area contributed by atoms with E-state index in [4.69, 9.17) is 15.2 Å². The van der Waals surface area contributed by atoms with E-state index in [1.165, 1.54) is 11.4 Å². The molecule has 0 aliphatic carbocycles. The first-order valence-corrected chi connectivity index (χ1v) is 12.8. The van der Waals surface area contributed by atoms with Crippen molar-refractivity contribution in [1.82, 2.24) is 9.21 Å². The molecule has 9 heteroatoms. The van der Waals surface area contributed by atoms with Gasteiger partial charge in [0.1, 0.15) is 12.4 Å². The number of rotatable bonds is 9. The Morgan fingerprint density at radius 2 is 1.71 bits per heavy atom. The Kier molecular flexibility index (Phi) is 8.35. The third-order valence-corrected chi connectivity index (χ3v) is 8.63. The van der Waals surface area contributed by atoms with E-state index >= 15 is 0 Å². The molecule has 1 amide bonds. The van der Waals surface area contributed by atoms with Crippen LogP contribution in [0.1, 0.15) is 29.5 Å². The molecule has 0 bridgehead atoms. The Hall–Kier alpha value is -2.46. The average molecular weight is 490 g/mol. The summed E-state index contributed by atoms with van der Waals surface area (Å²) < 4.78 is 38.1. The molecule has 34 heavy (non-hydrogen) atoms. The zero-order chi connectivity index (χ0) is 24.9. The summed E-state index contributed by atoms with van der Waals surface area (Å²) in [4.78, 5) is 14.6. The first-order valence-electron chi connectivity index (χ1n) is 11.4. The summed E-state index contributed by atoms with van der Waals surface area (Å²) in [7, 11) is -0.636. The van der Waals surface area contributed by atoms with Crippen molar-refractivity contribution in [2.45, 2.75) is 37.1 Å². The Bertz CT molecular complexity index is 1070. The second-order valence-electron chi connectivity index (χ2n) is 8.87. The first kappa shape index (κ1) is 26.2. The van der Waals surface area contributed by atoms with Crippen molar-refractivity contribution in [3.05, 3.63) is 59.2 Å². The minimum absolute atomic E-state index is 0.0859. The van der Waals surface area contributed by atoms with E-state index < -0.39 is 15.6 Å². The molecule has 0 spiro atoms. The lowest BCUT2D eigenvalue weighted by Gasteiger charge is -2.39. The molecular formula is C25H35N3O5S. The molecular weight excluding hydrogens is 454 g/mol. The molecule has 2 aromatic carbocycles. The van der Waals surface area contributed by atoms with Crippen molar-refractivity contribution in [1.29, 1.82) is 0 Å². The number of sulfonamides is 1. The van der Waals surface area contributed by atoms with E-state index in [2.05, 4.69) is 0 Å². The Balaban J connectivity index is 1.48. The molecule has 1 aliphatic heterocycles. The summed E-state index contributed by atoms with van der Waals surface area (Å²) in [5.74, 6) is 0.509. The average Bonchev–Trinajstić information content (AvgIpc) is 2.81. The summed E-state index contributed by atoms with van der Waals surface area (Å²) >= 11 is 0. The van der Waals surface area contributed by atoms with Crippen LogP contribution in [0, 0.1) is 13.8 Å². The maximum atomic E-state index is 13.1. The molecule has 186 valence electrons. The number of nitrogens with two attached hydrogens (primary N) is 1. The first-order chi connectivity index (χ1) is 16.1. The molecule has 1 saturated heterocycles. The van der Waals surface area contributed by atoms with Crippen molar-refractivity contribution in [2.75, 3.05) is 47.0 Å². The number of carbonyl (C=O) groups excluding carboxylic acids is 1. The minimum Gasteiger partial charge on any atom is -0.497 e. The second-order valence-corrected chi connectivity index (χ2v) is 10.9. The number of carbonyl (C=O) groups is 1. The highest BCUT2D eigenvalue weighted by molar-refractivity contribution is 7.89. The zero-order valence-electron chi connectivity index (χ0n) is 20.4. The maximum Gasteiger partial charge on any atom is 0.248 e. The number of nitrogens with zero attached hydrogens (tertiary/aromatic N) is 2. The number of hydrogen-bond acceptors (Lipinski definition) is 6. The van der Waals surface area contributed by atoms with E-state index in [0.717, 1.165) is 5.56 Å². The number of methoxy groups -OCH3 is 1. The van der Waals surface area contributed by atoms with Crippen molar-refractivity contribution in [2.24, 2.45) is 5.73 Å². The molecule has 2 N–H and O–H groups in total. The lowest BCUT2D eigenvalue weighted by molar-refractivity contribution is -0.137. The molecule has 1 fully saturated rings. The van der Waals surface area contributed by atoms with Gasteiger partial charge in [-0.25, -0.2) is 8.42 Å². The fraction of sp³-hybridized carbons (Fsp3) is 0.480. The van der Waals surface area contributed by atoms with E-state index in [1.54, 1.807) is 38.0 Å². The number of hydrogen-bond donors (Lipinski definition) is 1. The Morgan fingerprint density at radius 3 is 2.26 bits per heavy atom. The lowest BCUT2D eigenvalue weighted by Crippen LogP contribution is -2.50. The van der Waals surface area contributed by atoms with Gasteiger partial charge >= 0.3 is 0 Å². The quantitative estimate of drug-likeness (QED) is 0.543. The molecule has 0 saturated carbocycles. The number of piperidine rings is 1. The van der Waals surface area contributed by atoms with Crippen LogP contribution >= 0.6 is 0 Å². The standard InChI is InChI=1S/C25H35N3O5S/c1-19-16-22(32-4)17-20(2)24(19)34(30,31)27(3)14-15-33-18-23(29)28-12-10-25(26,11-13-28)21-8-6-5-7-9-21/h5-9,16-17H,10-15,18,26H2,1-4H3. The number of ether oxygens (including phenoxy) is 2. The van der Waals surface area contributed by atoms with Gasteiger partial charge in [0.15, 0.2) is 0 Å². The Morgan fingerprint density at radius 1 is 1.12 bits per heavy atom. The molecule has 0 atom stereocenters. The number of aryl methyl sites for hydroxylation is 2. The number of likely N-dealkylation sites (N-methyl/N-ethyl adjacent to an activating group) is 1. The third kappa shape index (κ3) is 5.78. The van der Waals surface area contributed by atoms with Gasteiger partial charge in [-0.1, -0.05) is 30.3 Å². The Labute approximate surface area is 202 Å². The van der Waals surface area contributed by atoms with Crippen molar-refractivity contribution >= 4 is 15.9 Å². The van der Waals surface area contributed by atoms with Gasteiger partial charge in [0, 0.05) is 32.2 Å². The predicted molar refractivity (Wildman–Crippen MR) is 131 cm³/mol. The molecule has 1 heterocycles. The summed E-state index contributed by atoms with van der Waals surface area (Å²) in [5, 5.41) is 0. The molecule has 0 unspecified atom stereocenters.